The van der Waals surface area contributed by atoms with E-state index in [1.165, 1.54) is 13.3 Å². The molecule has 2 rings (SSSR count). The van der Waals surface area contributed by atoms with Crippen molar-refractivity contribution >= 4 is 27.6 Å². The van der Waals surface area contributed by atoms with Gasteiger partial charge in [0.05, 0.1) is 19.0 Å². The van der Waals surface area contributed by atoms with E-state index in [1.807, 2.05) is 0 Å². The first kappa shape index (κ1) is 13.8. The van der Waals surface area contributed by atoms with Crippen molar-refractivity contribution in [3.63, 3.8) is 0 Å². The number of ether oxygens (including phenoxy) is 1. The summed E-state index contributed by atoms with van der Waals surface area (Å²) in [6.07, 6.45) is 7.58. The first-order valence-electron chi connectivity index (χ1n) is 5.85. The smallest absolute Gasteiger partial charge is 0.327 e. The van der Waals surface area contributed by atoms with Crippen molar-refractivity contribution in [3.05, 3.63) is 33.2 Å². The number of esters is 1. The third-order valence-corrected chi connectivity index (χ3v) is 3.63. The molecular weight excluding hydrogens is 314 g/mol. The number of aromatic nitrogens is 2. The van der Waals surface area contributed by atoms with Gasteiger partial charge in [0.15, 0.2) is 0 Å². The molecule has 1 N–H and O–H groups in total. The maximum Gasteiger partial charge on any atom is 0.327 e. The van der Waals surface area contributed by atoms with Crippen LogP contribution < -0.4 is 10.9 Å². The predicted octanol–water partition coefficient (Wildman–Crippen LogP) is 1.31. The molecule has 1 aliphatic carbocycles. The van der Waals surface area contributed by atoms with Crippen LogP contribution in [0.25, 0.3) is 0 Å². The highest BCUT2D eigenvalue weighted by Gasteiger charge is 2.15. The molecular formula is C12H14BrN3O3. The predicted molar refractivity (Wildman–Crippen MR) is 74.0 cm³/mol. The van der Waals surface area contributed by atoms with Crippen molar-refractivity contribution in [2.24, 2.45) is 0 Å². The van der Waals surface area contributed by atoms with Gasteiger partial charge in [-0.25, -0.2) is 4.68 Å². The number of anilines is 1. The fourth-order valence-corrected chi connectivity index (χ4v) is 2.24. The van der Waals surface area contributed by atoms with E-state index in [4.69, 9.17) is 0 Å². The highest BCUT2D eigenvalue weighted by atomic mass is 79.9. The number of methoxy groups -OCH3 is 1. The van der Waals surface area contributed by atoms with Crippen molar-refractivity contribution in [1.29, 1.82) is 0 Å². The van der Waals surface area contributed by atoms with Crippen LogP contribution in [0.5, 0.6) is 0 Å². The fraction of sp³-hybridized carbons (Fsp3) is 0.417. The van der Waals surface area contributed by atoms with Crippen molar-refractivity contribution in [1.82, 2.24) is 9.78 Å². The van der Waals surface area contributed by atoms with Crippen LogP contribution in [-0.4, -0.2) is 28.9 Å². The van der Waals surface area contributed by atoms with Gasteiger partial charge in [0.2, 0.25) is 0 Å². The molecule has 1 aromatic heterocycles. The molecule has 7 heteroatoms. The van der Waals surface area contributed by atoms with E-state index in [-0.39, 0.29) is 18.1 Å². The number of halogens is 1. The fourth-order valence-electron chi connectivity index (χ4n) is 1.82. The maximum atomic E-state index is 12.0. The second-order valence-corrected chi connectivity index (χ2v) is 4.99. The molecule has 0 aliphatic heterocycles. The van der Waals surface area contributed by atoms with Crippen molar-refractivity contribution in [2.75, 3.05) is 12.4 Å². The number of nitrogens with zero attached hydrogens (tertiary/aromatic N) is 2. The number of rotatable bonds is 4. The largest absolute Gasteiger partial charge is 0.468 e. The summed E-state index contributed by atoms with van der Waals surface area (Å²) < 4.78 is 5.95. The van der Waals surface area contributed by atoms with Crippen LogP contribution in [0.15, 0.2) is 27.6 Å². The highest BCUT2D eigenvalue weighted by Crippen LogP contribution is 2.21. The van der Waals surface area contributed by atoms with Crippen LogP contribution in [0.1, 0.15) is 12.8 Å². The zero-order valence-corrected chi connectivity index (χ0v) is 12.0. The summed E-state index contributed by atoms with van der Waals surface area (Å²) in [7, 11) is 1.27. The van der Waals surface area contributed by atoms with Gasteiger partial charge in [0.25, 0.3) is 5.56 Å². The van der Waals surface area contributed by atoms with Crippen LogP contribution in [0.4, 0.5) is 5.69 Å². The second-order valence-electron chi connectivity index (χ2n) is 4.20. The van der Waals surface area contributed by atoms with Gasteiger partial charge >= 0.3 is 5.97 Å². The van der Waals surface area contributed by atoms with Crippen LogP contribution in [0.3, 0.4) is 0 Å². The third-order valence-electron chi connectivity index (χ3n) is 2.86. The SMILES string of the molecule is COC(=O)Cn1ncc(NC2CC=CC2)c(Br)c1=O. The molecule has 19 heavy (non-hydrogen) atoms. The minimum Gasteiger partial charge on any atom is -0.468 e. The highest BCUT2D eigenvalue weighted by molar-refractivity contribution is 9.10. The molecule has 0 fully saturated rings. The Morgan fingerprint density at radius 3 is 2.89 bits per heavy atom. The van der Waals surface area contributed by atoms with E-state index < -0.39 is 5.97 Å². The van der Waals surface area contributed by atoms with Crippen LogP contribution in [0.2, 0.25) is 0 Å². The number of hydrogen-bond acceptors (Lipinski definition) is 5. The van der Waals surface area contributed by atoms with Crippen LogP contribution >= 0.6 is 15.9 Å². The summed E-state index contributed by atoms with van der Waals surface area (Å²) in [6, 6.07) is 0.286. The Labute approximate surface area is 118 Å². The molecule has 0 radical (unpaired) electrons. The first-order valence-corrected chi connectivity index (χ1v) is 6.65. The van der Waals surface area contributed by atoms with Gasteiger partial charge < -0.3 is 10.1 Å². The molecule has 0 saturated carbocycles. The Morgan fingerprint density at radius 1 is 1.58 bits per heavy atom. The first-order chi connectivity index (χ1) is 9.11. The standard InChI is InChI=1S/C12H14BrN3O3/c1-19-10(17)7-16-12(18)11(13)9(6-14-16)15-8-4-2-3-5-8/h2-3,6,8,15H,4-5,7H2,1H3. The lowest BCUT2D eigenvalue weighted by Crippen LogP contribution is -2.29. The Bertz CT molecular complexity index is 560. The van der Waals surface area contributed by atoms with Crippen LogP contribution in [0, 0.1) is 0 Å². The topological polar surface area (TPSA) is 73.2 Å². The summed E-state index contributed by atoms with van der Waals surface area (Å²) in [5.41, 5.74) is 0.279. The van der Waals surface area contributed by atoms with Crippen molar-refractivity contribution in [2.45, 2.75) is 25.4 Å². The Balaban J connectivity index is 2.17. The molecule has 0 atom stereocenters. The average molecular weight is 328 g/mol. The minimum absolute atomic E-state index is 0.195. The van der Waals surface area contributed by atoms with Crippen molar-refractivity contribution < 1.29 is 9.53 Å². The summed E-state index contributed by atoms with van der Waals surface area (Å²) in [4.78, 5) is 23.2. The van der Waals surface area contributed by atoms with E-state index in [9.17, 15) is 9.59 Å². The molecule has 0 amide bonds. The zero-order chi connectivity index (χ0) is 13.8. The second kappa shape index (κ2) is 6.01. The molecule has 0 unspecified atom stereocenters. The van der Waals surface area contributed by atoms with E-state index >= 15 is 0 Å². The van der Waals surface area contributed by atoms with Crippen LogP contribution in [-0.2, 0) is 16.1 Å². The van der Waals surface area contributed by atoms with Gasteiger partial charge in [0, 0.05) is 6.04 Å². The number of carbonyl (C=O) groups excluding carboxylic acids is 1. The summed E-state index contributed by atoms with van der Waals surface area (Å²) in [5, 5.41) is 7.20. The van der Waals surface area contributed by atoms with E-state index in [1.54, 1.807) is 0 Å². The zero-order valence-electron chi connectivity index (χ0n) is 10.4. The van der Waals surface area contributed by atoms with Crippen molar-refractivity contribution in [3.8, 4) is 0 Å². The van der Waals surface area contributed by atoms with E-state index in [0.717, 1.165) is 17.5 Å². The molecule has 0 spiro atoms. The monoisotopic (exact) mass is 327 g/mol. The molecule has 6 nitrogen and oxygen atoms in total. The lowest BCUT2D eigenvalue weighted by atomic mass is 10.2. The molecule has 0 bridgehead atoms. The lowest BCUT2D eigenvalue weighted by molar-refractivity contribution is -0.141. The van der Waals surface area contributed by atoms with Gasteiger partial charge in [0.1, 0.15) is 11.0 Å². The molecule has 1 heterocycles. The summed E-state index contributed by atoms with van der Waals surface area (Å²) in [6.45, 7) is -0.195. The quantitative estimate of drug-likeness (QED) is 0.666. The molecule has 1 aliphatic rings. The lowest BCUT2D eigenvalue weighted by Gasteiger charge is -2.15. The number of hydrogen-bond donors (Lipinski definition) is 1. The normalized spacial score (nSPS) is 14.6. The molecule has 102 valence electrons. The summed E-state index contributed by atoms with van der Waals surface area (Å²) >= 11 is 3.24. The average Bonchev–Trinajstić information content (AvgIpc) is 2.91. The van der Waals surface area contributed by atoms with Gasteiger partial charge in [-0.05, 0) is 28.8 Å². The Hall–Kier alpha value is -1.63. The number of nitrogens with one attached hydrogen (secondary N) is 1. The van der Waals surface area contributed by atoms with E-state index in [2.05, 4.69) is 43.2 Å². The third kappa shape index (κ3) is 3.23. The van der Waals surface area contributed by atoms with Gasteiger partial charge in [-0.1, -0.05) is 12.2 Å². The summed E-state index contributed by atoms with van der Waals surface area (Å²) in [5.74, 6) is -0.512. The maximum absolute atomic E-state index is 12.0. The van der Waals surface area contributed by atoms with Gasteiger partial charge in [-0.3, -0.25) is 9.59 Å². The Morgan fingerprint density at radius 2 is 2.26 bits per heavy atom. The molecule has 0 aromatic carbocycles. The van der Waals surface area contributed by atoms with E-state index in [0.29, 0.717) is 10.2 Å². The van der Waals surface area contributed by atoms with Gasteiger partial charge in [-0.2, -0.15) is 5.10 Å². The molecule has 0 saturated heterocycles. The number of carbonyl (C=O) groups is 1. The minimum atomic E-state index is -0.512. The molecule has 1 aromatic rings. The Kier molecular flexibility index (Phi) is 4.36. The van der Waals surface area contributed by atoms with Gasteiger partial charge in [-0.15, -0.1) is 0 Å².